The number of halogens is 2. The topological polar surface area (TPSA) is 23.6 Å². The molecule has 1 aromatic rings. The Bertz CT molecular complexity index is 461. The molecule has 0 unspecified atom stereocenters. The normalized spacial score (nSPS) is 13.6. The average molecular weight is 361 g/mol. The highest BCUT2D eigenvalue weighted by Crippen LogP contribution is 2.30. The van der Waals surface area contributed by atoms with Crippen molar-refractivity contribution in [3.8, 4) is 0 Å². The van der Waals surface area contributed by atoms with Gasteiger partial charge in [-0.1, -0.05) is 57.3 Å². The van der Waals surface area contributed by atoms with Crippen molar-refractivity contribution < 1.29 is 4.79 Å². The van der Waals surface area contributed by atoms with Crippen LogP contribution in [0.4, 0.5) is 5.69 Å². The van der Waals surface area contributed by atoms with Gasteiger partial charge in [0.25, 0.3) is 0 Å². The van der Waals surface area contributed by atoms with Gasteiger partial charge in [0.05, 0.1) is 0 Å². The number of benzene rings is 1. The number of amides is 1. The second-order valence-corrected chi connectivity index (χ2v) is 6.05. The van der Waals surface area contributed by atoms with Crippen molar-refractivity contribution in [2.45, 2.75) is 48.0 Å². The Labute approximate surface area is 151 Å². The van der Waals surface area contributed by atoms with Crippen molar-refractivity contribution in [1.82, 2.24) is 4.90 Å². The van der Waals surface area contributed by atoms with Crippen LogP contribution in [0.2, 0.25) is 10.0 Å². The van der Waals surface area contributed by atoms with Crippen LogP contribution in [0, 0.1) is 6.92 Å². The first-order valence-electron chi connectivity index (χ1n) is 8.36. The number of nitrogens with zero attached hydrogens (tertiary/aromatic N) is 2. The van der Waals surface area contributed by atoms with Gasteiger partial charge in [-0.05, 0) is 24.6 Å². The van der Waals surface area contributed by atoms with E-state index in [1.54, 1.807) is 6.92 Å². The van der Waals surface area contributed by atoms with Gasteiger partial charge in [-0.2, -0.15) is 0 Å². The van der Waals surface area contributed by atoms with E-state index in [1.807, 2.05) is 37.8 Å². The molecular formula is C18H30Cl2N2O. The molecule has 1 heterocycles. The third kappa shape index (κ3) is 7.01. The first kappa shape index (κ1) is 22.1. The molecule has 0 N–H and O–H groups in total. The lowest BCUT2D eigenvalue weighted by molar-refractivity contribution is -0.129. The molecule has 1 saturated heterocycles. The standard InChI is InChI=1S/C13H16Cl2N2O.C3H8.C2H6/c1-9-12(14)7-11(8-13(9)15)17-5-3-16(4-6-17)10(2)18;1-3-2;1-2/h7-8H,3-6H2,1-2H3;3H2,1-2H3;1-2H3. The van der Waals surface area contributed by atoms with Gasteiger partial charge in [0.15, 0.2) is 0 Å². The minimum atomic E-state index is 0.134. The van der Waals surface area contributed by atoms with Gasteiger partial charge in [-0.25, -0.2) is 0 Å². The van der Waals surface area contributed by atoms with Crippen molar-refractivity contribution in [2.24, 2.45) is 0 Å². The molecule has 0 aliphatic carbocycles. The lowest BCUT2D eigenvalue weighted by atomic mass is 10.2. The van der Waals surface area contributed by atoms with E-state index in [4.69, 9.17) is 23.2 Å². The monoisotopic (exact) mass is 360 g/mol. The van der Waals surface area contributed by atoms with Crippen molar-refractivity contribution in [2.75, 3.05) is 31.1 Å². The van der Waals surface area contributed by atoms with E-state index < -0.39 is 0 Å². The summed E-state index contributed by atoms with van der Waals surface area (Å²) in [5.41, 5.74) is 1.93. The minimum absolute atomic E-state index is 0.134. The van der Waals surface area contributed by atoms with E-state index in [2.05, 4.69) is 18.7 Å². The maximum absolute atomic E-state index is 11.3. The summed E-state index contributed by atoms with van der Waals surface area (Å²) in [7, 11) is 0. The molecule has 1 aromatic carbocycles. The minimum Gasteiger partial charge on any atom is -0.368 e. The molecule has 23 heavy (non-hydrogen) atoms. The van der Waals surface area contributed by atoms with Crippen LogP contribution < -0.4 is 4.90 Å². The smallest absolute Gasteiger partial charge is 0.219 e. The highest BCUT2D eigenvalue weighted by atomic mass is 35.5. The molecule has 1 amide bonds. The number of hydrogen-bond donors (Lipinski definition) is 0. The van der Waals surface area contributed by atoms with E-state index in [1.165, 1.54) is 6.42 Å². The quantitative estimate of drug-likeness (QED) is 0.667. The summed E-state index contributed by atoms with van der Waals surface area (Å²) in [5, 5.41) is 1.37. The van der Waals surface area contributed by atoms with Crippen LogP contribution in [0.3, 0.4) is 0 Å². The Morgan fingerprint density at radius 1 is 1.04 bits per heavy atom. The molecule has 1 aliphatic rings. The number of rotatable bonds is 1. The van der Waals surface area contributed by atoms with Crippen molar-refractivity contribution in [3.05, 3.63) is 27.7 Å². The van der Waals surface area contributed by atoms with Crippen LogP contribution in [-0.4, -0.2) is 37.0 Å². The molecule has 0 aromatic heterocycles. The van der Waals surface area contributed by atoms with Crippen LogP contribution in [0.5, 0.6) is 0 Å². The van der Waals surface area contributed by atoms with Crippen LogP contribution in [0.25, 0.3) is 0 Å². The number of carbonyl (C=O) groups excluding carboxylic acids is 1. The Kier molecular flexibility index (Phi) is 11.1. The first-order chi connectivity index (χ1) is 10.9. The first-order valence-corrected chi connectivity index (χ1v) is 9.12. The molecule has 2 rings (SSSR count). The fraction of sp³-hybridized carbons (Fsp3) is 0.611. The largest absolute Gasteiger partial charge is 0.368 e. The van der Waals surface area contributed by atoms with Crippen LogP contribution in [0.15, 0.2) is 12.1 Å². The molecule has 0 spiro atoms. The van der Waals surface area contributed by atoms with Crippen LogP contribution in [0.1, 0.15) is 46.6 Å². The van der Waals surface area contributed by atoms with Crippen LogP contribution >= 0.6 is 23.2 Å². The van der Waals surface area contributed by atoms with E-state index in [0.29, 0.717) is 10.0 Å². The lowest BCUT2D eigenvalue weighted by Gasteiger charge is -2.35. The SMILES string of the molecule is CC.CC(=O)N1CCN(c2cc(Cl)c(C)c(Cl)c2)CC1.CCC. The lowest BCUT2D eigenvalue weighted by Crippen LogP contribution is -2.48. The van der Waals surface area contributed by atoms with Crippen molar-refractivity contribution in [3.63, 3.8) is 0 Å². The Balaban J connectivity index is 0.000000868. The van der Waals surface area contributed by atoms with Gasteiger partial charge < -0.3 is 9.80 Å². The molecule has 3 nitrogen and oxygen atoms in total. The molecule has 0 atom stereocenters. The summed E-state index contributed by atoms with van der Waals surface area (Å²) in [6.45, 7) is 14.9. The average Bonchev–Trinajstić information content (AvgIpc) is 2.55. The maximum atomic E-state index is 11.3. The fourth-order valence-electron chi connectivity index (χ4n) is 2.09. The number of anilines is 1. The second kappa shape index (κ2) is 11.6. The second-order valence-electron chi connectivity index (χ2n) is 5.23. The third-order valence-corrected chi connectivity index (χ3v) is 4.14. The zero-order valence-corrected chi connectivity index (χ0v) is 16.8. The van der Waals surface area contributed by atoms with Crippen molar-refractivity contribution in [1.29, 1.82) is 0 Å². The highest BCUT2D eigenvalue weighted by Gasteiger charge is 2.19. The summed E-state index contributed by atoms with van der Waals surface area (Å²) in [5.74, 6) is 0.134. The summed E-state index contributed by atoms with van der Waals surface area (Å²) in [4.78, 5) is 15.3. The molecule has 0 bridgehead atoms. The van der Waals surface area contributed by atoms with E-state index in [-0.39, 0.29) is 5.91 Å². The van der Waals surface area contributed by atoms with Gasteiger partial charge in [0, 0.05) is 48.8 Å². The van der Waals surface area contributed by atoms with Gasteiger partial charge in [0.2, 0.25) is 5.91 Å². The molecule has 1 aliphatic heterocycles. The number of carbonyl (C=O) groups is 1. The highest BCUT2D eigenvalue weighted by molar-refractivity contribution is 6.36. The van der Waals surface area contributed by atoms with Gasteiger partial charge in [0.1, 0.15) is 0 Å². The maximum Gasteiger partial charge on any atom is 0.219 e. The molecule has 1 fully saturated rings. The molecule has 0 saturated carbocycles. The molecule has 5 heteroatoms. The van der Waals surface area contributed by atoms with Gasteiger partial charge >= 0.3 is 0 Å². The summed E-state index contributed by atoms with van der Waals surface area (Å²) >= 11 is 12.3. The Morgan fingerprint density at radius 3 is 1.78 bits per heavy atom. The predicted molar refractivity (Wildman–Crippen MR) is 103 cm³/mol. The van der Waals surface area contributed by atoms with E-state index in [0.717, 1.165) is 37.4 Å². The third-order valence-electron chi connectivity index (χ3n) is 3.36. The summed E-state index contributed by atoms with van der Waals surface area (Å²) in [6.07, 6.45) is 1.25. The van der Waals surface area contributed by atoms with Crippen LogP contribution in [-0.2, 0) is 4.79 Å². The molecule has 132 valence electrons. The van der Waals surface area contributed by atoms with Crippen molar-refractivity contribution >= 4 is 34.8 Å². The van der Waals surface area contributed by atoms with Gasteiger partial charge in [-0.3, -0.25) is 4.79 Å². The predicted octanol–water partition coefficient (Wildman–Crippen LogP) is 5.41. The van der Waals surface area contributed by atoms with E-state index >= 15 is 0 Å². The molecular weight excluding hydrogens is 331 g/mol. The molecule has 0 radical (unpaired) electrons. The number of piperazine rings is 1. The zero-order chi connectivity index (χ0) is 18.0. The Hall–Kier alpha value is -0.930. The number of hydrogen-bond acceptors (Lipinski definition) is 2. The summed E-state index contributed by atoms with van der Waals surface area (Å²) in [6, 6.07) is 3.87. The zero-order valence-electron chi connectivity index (χ0n) is 15.2. The fourth-order valence-corrected chi connectivity index (χ4v) is 2.57. The summed E-state index contributed by atoms with van der Waals surface area (Å²) < 4.78 is 0. The van der Waals surface area contributed by atoms with Gasteiger partial charge in [-0.15, -0.1) is 0 Å². The van der Waals surface area contributed by atoms with E-state index in [9.17, 15) is 4.79 Å². The Morgan fingerprint density at radius 2 is 1.43 bits per heavy atom.